The molecule has 0 fully saturated rings. The van der Waals surface area contributed by atoms with Gasteiger partial charge in [0, 0.05) is 28.8 Å². The van der Waals surface area contributed by atoms with Crippen LogP contribution in [0.2, 0.25) is 5.02 Å². The Bertz CT molecular complexity index is 1050. The highest BCUT2D eigenvalue weighted by atomic mass is 35.5. The fourth-order valence-electron chi connectivity index (χ4n) is 2.30. The SMILES string of the molecule is C#CCNC(NCCSCc1[nH]cnc1C)=C(C#N)S(=O)(=O)c1ccc(Cl)cc1. The maximum Gasteiger partial charge on any atom is 0.220 e. The number of benzene rings is 1. The van der Waals surface area contributed by atoms with E-state index < -0.39 is 14.7 Å². The summed E-state index contributed by atoms with van der Waals surface area (Å²) in [5.41, 5.74) is 1.99. The second kappa shape index (κ2) is 10.8. The first kappa shape index (κ1) is 22.7. The van der Waals surface area contributed by atoms with Crippen molar-refractivity contribution < 1.29 is 8.42 Å². The molecule has 0 aliphatic carbocycles. The molecule has 0 saturated carbocycles. The molecule has 2 aromatic rings. The number of thioether (sulfide) groups is 1. The van der Waals surface area contributed by atoms with E-state index in [1.54, 1.807) is 24.2 Å². The van der Waals surface area contributed by atoms with Gasteiger partial charge in [0.2, 0.25) is 9.84 Å². The minimum absolute atomic E-state index is 0.0237. The van der Waals surface area contributed by atoms with Crippen LogP contribution in [-0.2, 0) is 15.6 Å². The molecule has 0 aliphatic rings. The van der Waals surface area contributed by atoms with Crippen LogP contribution in [-0.4, -0.2) is 37.2 Å². The van der Waals surface area contributed by atoms with Gasteiger partial charge in [0.05, 0.1) is 23.5 Å². The Labute approximate surface area is 179 Å². The molecule has 0 bridgehead atoms. The summed E-state index contributed by atoms with van der Waals surface area (Å²) in [6, 6.07) is 7.41. The first-order valence-electron chi connectivity index (χ1n) is 8.53. The van der Waals surface area contributed by atoms with Gasteiger partial charge in [-0.2, -0.15) is 17.0 Å². The van der Waals surface area contributed by atoms with Crippen LogP contribution in [0.5, 0.6) is 0 Å². The molecule has 1 aromatic heterocycles. The van der Waals surface area contributed by atoms with Gasteiger partial charge in [-0.25, -0.2) is 13.4 Å². The van der Waals surface area contributed by atoms with Crippen molar-refractivity contribution in [2.45, 2.75) is 17.6 Å². The largest absolute Gasteiger partial charge is 0.369 e. The molecule has 1 aromatic carbocycles. The van der Waals surface area contributed by atoms with Crippen molar-refractivity contribution in [3.63, 3.8) is 0 Å². The topological polar surface area (TPSA) is 111 Å². The fourth-order valence-corrected chi connectivity index (χ4v) is 4.58. The fraction of sp³-hybridized carbons (Fsp3) is 0.263. The van der Waals surface area contributed by atoms with Crippen LogP contribution >= 0.6 is 23.4 Å². The Hall–Kier alpha value is -2.59. The van der Waals surface area contributed by atoms with Gasteiger partial charge in [-0.15, -0.1) is 6.42 Å². The predicted molar refractivity (Wildman–Crippen MR) is 116 cm³/mol. The molecule has 0 aliphatic heterocycles. The highest BCUT2D eigenvalue weighted by Gasteiger charge is 2.25. The third-order valence-electron chi connectivity index (χ3n) is 3.82. The molecule has 152 valence electrons. The van der Waals surface area contributed by atoms with Crippen LogP contribution < -0.4 is 10.6 Å². The van der Waals surface area contributed by atoms with Crippen molar-refractivity contribution >= 4 is 33.2 Å². The lowest BCUT2D eigenvalue weighted by atomic mass is 10.4. The van der Waals surface area contributed by atoms with Crippen molar-refractivity contribution in [2.75, 3.05) is 18.8 Å². The van der Waals surface area contributed by atoms with E-state index in [0.717, 1.165) is 17.1 Å². The standard InChI is InChI=1S/C19H20ClN5O2S2/c1-3-8-22-19(23-9-10-28-12-17-14(2)24-13-25-17)18(11-21)29(26,27)16-6-4-15(20)5-7-16/h1,4-7,13,22-23H,8-10,12H2,2H3,(H,24,25). The van der Waals surface area contributed by atoms with E-state index in [0.29, 0.717) is 17.3 Å². The Morgan fingerprint density at radius 1 is 1.34 bits per heavy atom. The summed E-state index contributed by atoms with van der Waals surface area (Å²) >= 11 is 7.47. The number of hydrogen-bond acceptors (Lipinski definition) is 7. The Kier molecular flexibility index (Phi) is 8.47. The van der Waals surface area contributed by atoms with Crippen LogP contribution in [0.15, 0.2) is 46.2 Å². The zero-order valence-corrected chi connectivity index (χ0v) is 18.1. The average Bonchev–Trinajstić information content (AvgIpc) is 3.10. The van der Waals surface area contributed by atoms with Gasteiger partial charge in [0.25, 0.3) is 0 Å². The van der Waals surface area contributed by atoms with Gasteiger partial charge in [-0.1, -0.05) is 17.5 Å². The summed E-state index contributed by atoms with van der Waals surface area (Å²) in [6.45, 7) is 2.44. The molecule has 0 spiro atoms. The van der Waals surface area contributed by atoms with E-state index in [2.05, 4.69) is 26.5 Å². The lowest BCUT2D eigenvalue weighted by Gasteiger charge is -2.14. The second-order valence-electron chi connectivity index (χ2n) is 5.78. The normalized spacial score (nSPS) is 11.9. The number of aryl methyl sites for hydroxylation is 1. The molecule has 0 atom stereocenters. The smallest absolute Gasteiger partial charge is 0.220 e. The Morgan fingerprint density at radius 2 is 2.07 bits per heavy atom. The highest BCUT2D eigenvalue weighted by molar-refractivity contribution is 7.98. The van der Waals surface area contributed by atoms with Gasteiger partial charge in [-0.05, 0) is 31.2 Å². The third kappa shape index (κ3) is 6.20. The van der Waals surface area contributed by atoms with E-state index in [1.165, 1.54) is 24.3 Å². The summed E-state index contributed by atoms with van der Waals surface area (Å²) in [5, 5.41) is 15.7. The molecule has 0 unspecified atom stereocenters. The number of imidazole rings is 1. The molecule has 0 radical (unpaired) electrons. The van der Waals surface area contributed by atoms with Crippen molar-refractivity contribution in [3.8, 4) is 18.4 Å². The van der Waals surface area contributed by atoms with Crippen molar-refractivity contribution in [1.29, 1.82) is 5.26 Å². The maximum atomic E-state index is 12.9. The van der Waals surface area contributed by atoms with Crippen molar-refractivity contribution in [1.82, 2.24) is 20.6 Å². The van der Waals surface area contributed by atoms with Crippen LogP contribution in [0, 0.1) is 30.6 Å². The Morgan fingerprint density at radius 3 is 2.66 bits per heavy atom. The van der Waals surface area contributed by atoms with Gasteiger partial charge in [0.1, 0.15) is 11.9 Å². The monoisotopic (exact) mass is 449 g/mol. The van der Waals surface area contributed by atoms with E-state index in [1.807, 2.05) is 6.92 Å². The molecule has 2 rings (SSSR count). The summed E-state index contributed by atoms with van der Waals surface area (Å²) in [7, 11) is -4.04. The van der Waals surface area contributed by atoms with E-state index in [4.69, 9.17) is 18.0 Å². The molecular weight excluding hydrogens is 430 g/mol. The highest BCUT2D eigenvalue weighted by Crippen LogP contribution is 2.22. The number of nitriles is 1. The van der Waals surface area contributed by atoms with Gasteiger partial charge >= 0.3 is 0 Å². The lowest BCUT2D eigenvalue weighted by molar-refractivity contribution is 0.601. The summed E-state index contributed by atoms with van der Waals surface area (Å²) < 4.78 is 25.8. The van der Waals surface area contributed by atoms with Gasteiger partial charge in [-0.3, -0.25) is 0 Å². The summed E-state index contributed by atoms with van der Waals surface area (Å²) in [6.07, 6.45) is 6.92. The van der Waals surface area contributed by atoms with Crippen LogP contribution in [0.1, 0.15) is 11.4 Å². The number of halogens is 1. The summed E-state index contributed by atoms with van der Waals surface area (Å²) in [4.78, 5) is 6.77. The third-order valence-corrected chi connectivity index (χ3v) is 6.78. The van der Waals surface area contributed by atoms with E-state index in [9.17, 15) is 13.7 Å². The second-order valence-corrected chi connectivity index (χ2v) is 9.20. The number of rotatable bonds is 10. The van der Waals surface area contributed by atoms with E-state index >= 15 is 0 Å². The number of allylic oxidation sites excluding steroid dienone is 1. The number of terminal acetylenes is 1. The zero-order chi connectivity index (χ0) is 21.3. The van der Waals surface area contributed by atoms with Crippen molar-refractivity contribution in [3.05, 3.63) is 57.7 Å². The summed E-state index contributed by atoms with van der Waals surface area (Å²) in [5.74, 6) is 3.89. The first-order chi connectivity index (χ1) is 13.9. The maximum absolute atomic E-state index is 12.9. The molecular formula is C19H20ClN5O2S2. The number of hydrogen-bond donors (Lipinski definition) is 3. The number of nitrogens with zero attached hydrogens (tertiary/aromatic N) is 2. The molecule has 0 saturated heterocycles. The van der Waals surface area contributed by atoms with Gasteiger partial charge < -0.3 is 15.6 Å². The molecule has 0 amide bonds. The first-order valence-corrected chi connectivity index (χ1v) is 11.5. The molecule has 10 heteroatoms. The quantitative estimate of drug-likeness (QED) is 0.290. The average molecular weight is 450 g/mol. The zero-order valence-electron chi connectivity index (χ0n) is 15.7. The number of aromatic nitrogens is 2. The lowest BCUT2D eigenvalue weighted by Crippen LogP contribution is -2.31. The van der Waals surface area contributed by atoms with Gasteiger partial charge in [0.15, 0.2) is 4.91 Å². The number of nitrogens with one attached hydrogen (secondary N) is 3. The van der Waals surface area contributed by atoms with Crippen LogP contribution in [0.25, 0.3) is 0 Å². The minimum Gasteiger partial charge on any atom is -0.369 e. The van der Waals surface area contributed by atoms with Crippen molar-refractivity contribution in [2.24, 2.45) is 0 Å². The molecule has 1 heterocycles. The number of aromatic amines is 1. The van der Waals surface area contributed by atoms with Crippen LogP contribution in [0.4, 0.5) is 0 Å². The number of sulfone groups is 1. The van der Waals surface area contributed by atoms with E-state index in [-0.39, 0.29) is 17.3 Å². The predicted octanol–water partition coefficient (Wildman–Crippen LogP) is 2.58. The Balaban J connectivity index is 2.13. The number of H-pyrrole nitrogens is 1. The van der Waals surface area contributed by atoms with Crippen LogP contribution in [0.3, 0.4) is 0 Å². The minimum atomic E-state index is -4.04. The molecule has 3 N–H and O–H groups in total. The molecule has 29 heavy (non-hydrogen) atoms. The molecule has 7 nitrogen and oxygen atoms in total.